The Morgan fingerprint density at radius 3 is 2.57 bits per heavy atom. The number of halogens is 1. The summed E-state index contributed by atoms with van der Waals surface area (Å²) in [6.45, 7) is 8.37. The van der Waals surface area contributed by atoms with Crippen LogP contribution in [0.4, 0.5) is 0 Å². The van der Waals surface area contributed by atoms with E-state index >= 15 is 0 Å². The fourth-order valence-corrected chi connectivity index (χ4v) is 3.49. The van der Waals surface area contributed by atoms with Gasteiger partial charge in [0.15, 0.2) is 10.5 Å². The van der Waals surface area contributed by atoms with E-state index in [2.05, 4.69) is 31.1 Å². The molecule has 1 aliphatic rings. The van der Waals surface area contributed by atoms with Crippen molar-refractivity contribution >= 4 is 27.6 Å². The molecule has 6 nitrogen and oxygen atoms in total. The summed E-state index contributed by atoms with van der Waals surface area (Å²) < 4.78 is 2.73. The van der Waals surface area contributed by atoms with Crippen LogP contribution < -0.4 is 5.32 Å². The van der Waals surface area contributed by atoms with Crippen LogP contribution in [0.3, 0.4) is 0 Å². The van der Waals surface area contributed by atoms with E-state index in [1.54, 1.807) is 7.05 Å². The van der Waals surface area contributed by atoms with Gasteiger partial charge < -0.3 is 9.88 Å². The number of carbonyl (C=O) groups is 2. The fourth-order valence-electron chi connectivity index (χ4n) is 2.92. The van der Waals surface area contributed by atoms with Crippen LogP contribution in [-0.4, -0.2) is 46.8 Å². The second kappa shape index (κ2) is 6.73. The molecular formula is C16H25BrN4O2. The molecule has 1 amide bonds. The van der Waals surface area contributed by atoms with Crippen molar-refractivity contribution in [3.05, 3.63) is 16.1 Å². The van der Waals surface area contributed by atoms with E-state index in [9.17, 15) is 9.59 Å². The van der Waals surface area contributed by atoms with E-state index < -0.39 is 0 Å². The third kappa shape index (κ3) is 3.83. The predicted molar refractivity (Wildman–Crippen MR) is 92.2 cm³/mol. The number of likely N-dealkylation sites (N-methyl/N-ethyl adjacent to an activating group) is 1. The third-order valence-corrected chi connectivity index (χ3v) is 5.02. The largest absolute Gasteiger partial charge is 0.359 e. The lowest BCUT2D eigenvalue weighted by molar-refractivity contribution is -0.127. The van der Waals surface area contributed by atoms with Gasteiger partial charge in [-0.05, 0) is 28.4 Å². The van der Waals surface area contributed by atoms with Crippen LogP contribution in [0.25, 0.3) is 0 Å². The zero-order valence-electron chi connectivity index (χ0n) is 14.4. The summed E-state index contributed by atoms with van der Waals surface area (Å²) in [5, 5.41) is 2.67. The van der Waals surface area contributed by atoms with E-state index in [0.717, 1.165) is 18.8 Å². The van der Waals surface area contributed by atoms with Gasteiger partial charge in [0.1, 0.15) is 5.69 Å². The number of hydrogen-bond acceptors (Lipinski definition) is 4. The summed E-state index contributed by atoms with van der Waals surface area (Å²) in [5.41, 5.74) is 1.13. The second-order valence-electron chi connectivity index (χ2n) is 7.23. The molecule has 2 rings (SSSR count). The lowest BCUT2D eigenvalue weighted by atomic mass is 9.77. The highest BCUT2D eigenvalue weighted by atomic mass is 79.9. The maximum atomic E-state index is 12.8. The minimum absolute atomic E-state index is 0.0710. The molecule has 0 radical (unpaired) electrons. The van der Waals surface area contributed by atoms with E-state index in [1.807, 2.05) is 32.4 Å². The zero-order valence-corrected chi connectivity index (χ0v) is 16.0. The van der Waals surface area contributed by atoms with Crippen molar-refractivity contribution in [2.24, 2.45) is 11.3 Å². The smallest absolute Gasteiger partial charge is 0.223 e. The Labute approximate surface area is 145 Å². The van der Waals surface area contributed by atoms with Crippen LogP contribution in [-0.2, 0) is 17.9 Å². The monoisotopic (exact) mass is 384 g/mol. The molecule has 128 valence electrons. The van der Waals surface area contributed by atoms with E-state index in [1.165, 1.54) is 0 Å². The van der Waals surface area contributed by atoms with E-state index in [-0.39, 0.29) is 29.4 Å². The second-order valence-corrected chi connectivity index (χ2v) is 7.93. The molecule has 2 heterocycles. The number of hydrogen-bond donors (Lipinski definition) is 1. The minimum Gasteiger partial charge on any atom is -0.359 e. The molecule has 0 aromatic carbocycles. The number of nitrogens with one attached hydrogen (secondary N) is 1. The van der Waals surface area contributed by atoms with Gasteiger partial charge in [0.2, 0.25) is 5.91 Å². The fraction of sp³-hybridized carbons (Fsp3) is 0.688. The Kier molecular flexibility index (Phi) is 5.30. The summed E-state index contributed by atoms with van der Waals surface area (Å²) >= 11 is 3.44. The minimum atomic E-state index is -0.377. The number of rotatable bonds is 4. The van der Waals surface area contributed by atoms with Crippen molar-refractivity contribution in [2.45, 2.75) is 40.3 Å². The highest BCUT2D eigenvalue weighted by Gasteiger charge is 2.35. The molecule has 0 aliphatic carbocycles. The van der Waals surface area contributed by atoms with Crippen molar-refractivity contribution in [2.75, 3.05) is 20.6 Å². The molecule has 1 aromatic heterocycles. The quantitative estimate of drug-likeness (QED) is 0.806. The van der Waals surface area contributed by atoms with Crippen LogP contribution in [0.5, 0.6) is 0 Å². The Bertz CT molecular complexity index is 618. The number of fused-ring (bicyclic) bond motifs is 1. The highest BCUT2D eigenvalue weighted by molar-refractivity contribution is 9.10. The molecular weight excluding hydrogens is 360 g/mol. The first-order chi connectivity index (χ1) is 10.6. The van der Waals surface area contributed by atoms with Crippen molar-refractivity contribution < 1.29 is 9.59 Å². The molecule has 1 aliphatic heterocycles. The topological polar surface area (TPSA) is 67.2 Å². The van der Waals surface area contributed by atoms with Crippen LogP contribution in [0.1, 0.15) is 43.4 Å². The van der Waals surface area contributed by atoms with Crippen molar-refractivity contribution in [1.29, 1.82) is 0 Å². The van der Waals surface area contributed by atoms with Gasteiger partial charge in [-0.2, -0.15) is 0 Å². The Morgan fingerprint density at radius 2 is 2.00 bits per heavy atom. The van der Waals surface area contributed by atoms with Gasteiger partial charge in [0, 0.05) is 33.1 Å². The molecule has 1 atom stereocenters. The molecule has 23 heavy (non-hydrogen) atoms. The number of ketones is 1. The zero-order chi connectivity index (χ0) is 17.4. The summed E-state index contributed by atoms with van der Waals surface area (Å²) in [5.74, 6) is -0.550. The van der Waals surface area contributed by atoms with Gasteiger partial charge in [0.25, 0.3) is 0 Å². The number of imidazole rings is 1. The SMILES string of the molecule is CNC(=O)[C@@H](CC(=O)c1nc(Br)n2c1CN(C)CC2)C(C)(C)C. The standard InChI is InChI=1S/C16H25BrN4O2/c1-16(2,3)10(14(23)18-4)8-12(22)13-11-9-20(5)6-7-21(11)15(17)19-13/h10H,6-9H2,1-5H3,(H,18,23)/t10-/m1/s1. The average Bonchev–Trinajstić information content (AvgIpc) is 2.79. The lowest BCUT2D eigenvalue weighted by Gasteiger charge is -2.29. The highest BCUT2D eigenvalue weighted by Crippen LogP contribution is 2.31. The van der Waals surface area contributed by atoms with Crippen LogP contribution >= 0.6 is 15.9 Å². The Balaban J connectivity index is 2.29. The Morgan fingerprint density at radius 1 is 1.35 bits per heavy atom. The molecule has 7 heteroatoms. The van der Waals surface area contributed by atoms with Gasteiger partial charge in [-0.3, -0.25) is 14.5 Å². The number of aromatic nitrogens is 2. The maximum absolute atomic E-state index is 12.8. The van der Waals surface area contributed by atoms with Crippen molar-refractivity contribution in [3.63, 3.8) is 0 Å². The molecule has 0 saturated heterocycles. The normalized spacial score (nSPS) is 16.8. The van der Waals surface area contributed by atoms with E-state index in [0.29, 0.717) is 17.0 Å². The van der Waals surface area contributed by atoms with E-state index in [4.69, 9.17) is 0 Å². The first kappa shape index (κ1) is 18.1. The summed E-state index contributed by atoms with van der Waals surface area (Å²) in [7, 11) is 3.64. The van der Waals surface area contributed by atoms with Crippen LogP contribution in [0.2, 0.25) is 0 Å². The molecule has 0 fully saturated rings. The summed E-state index contributed by atoms with van der Waals surface area (Å²) in [4.78, 5) is 31.6. The first-order valence-corrected chi connectivity index (χ1v) is 8.62. The van der Waals surface area contributed by atoms with Gasteiger partial charge in [-0.25, -0.2) is 4.98 Å². The first-order valence-electron chi connectivity index (χ1n) is 7.83. The van der Waals surface area contributed by atoms with Gasteiger partial charge in [-0.15, -0.1) is 0 Å². The lowest BCUT2D eigenvalue weighted by Crippen LogP contribution is -2.38. The number of nitrogens with zero attached hydrogens (tertiary/aromatic N) is 3. The predicted octanol–water partition coefficient (Wildman–Crippen LogP) is 2.07. The Hall–Kier alpha value is -1.21. The summed E-state index contributed by atoms with van der Waals surface area (Å²) in [6.07, 6.45) is 0.170. The maximum Gasteiger partial charge on any atom is 0.223 e. The average molecular weight is 385 g/mol. The van der Waals surface area contributed by atoms with Crippen LogP contribution in [0.15, 0.2) is 4.73 Å². The number of carbonyl (C=O) groups excluding carboxylic acids is 2. The molecule has 0 bridgehead atoms. The molecule has 0 saturated carbocycles. The van der Waals surface area contributed by atoms with Gasteiger partial charge in [-0.1, -0.05) is 20.8 Å². The number of amides is 1. The summed E-state index contributed by atoms with van der Waals surface area (Å²) in [6, 6.07) is 0. The van der Waals surface area contributed by atoms with Crippen molar-refractivity contribution in [1.82, 2.24) is 19.8 Å². The van der Waals surface area contributed by atoms with Crippen LogP contribution in [0, 0.1) is 11.3 Å². The van der Waals surface area contributed by atoms with Gasteiger partial charge >= 0.3 is 0 Å². The van der Waals surface area contributed by atoms with Crippen molar-refractivity contribution in [3.8, 4) is 0 Å². The molecule has 1 N–H and O–H groups in total. The van der Waals surface area contributed by atoms with Gasteiger partial charge in [0.05, 0.1) is 11.6 Å². The molecule has 1 aromatic rings. The molecule has 0 spiro atoms. The number of Topliss-reactive ketones (excluding diaryl/α,β-unsaturated/α-hetero) is 1. The molecule has 0 unspecified atom stereocenters. The third-order valence-electron chi connectivity index (χ3n) is 4.41.